The van der Waals surface area contributed by atoms with Gasteiger partial charge in [-0.15, -0.1) is 0 Å². The average molecular weight is 355 g/mol. The Morgan fingerprint density at radius 2 is 1.88 bits per heavy atom. The van der Waals surface area contributed by atoms with Gasteiger partial charge in [0.15, 0.2) is 11.5 Å². The quantitative estimate of drug-likeness (QED) is 0.830. The van der Waals surface area contributed by atoms with E-state index in [2.05, 4.69) is 5.32 Å². The van der Waals surface area contributed by atoms with Crippen LogP contribution in [0.3, 0.4) is 0 Å². The number of benzene rings is 2. The van der Waals surface area contributed by atoms with Crippen molar-refractivity contribution in [1.82, 2.24) is 4.90 Å². The lowest BCUT2D eigenvalue weighted by molar-refractivity contribution is 0.206. The third-order valence-corrected chi connectivity index (χ3v) is 4.48. The highest BCUT2D eigenvalue weighted by Gasteiger charge is 2.32. The number of nitrogens with one attached hydrogen (secondary N) is 1. The zero-order valence-electron chi connectivity index (χ0n) is 15.4. The van der Waals surface area contributed by atoms with Gasteiger partial charge in [0.1, 0.15) is 0 Å². The van der Waals surface area contributed by atoms with Crippen LogP contribution in [0.25, 0.3) is 0 Å². The lowest BCUT2D eigenvalue weighted by atomic mass is 10.2. The number of amides is 2. The summed E-state index contributed by atoms with van der Waals surface area (Å²) in [5, 5.41) is 12.7. The van der Waals surface area contributed by atoms with Crippen LogP contribution < -0.4 is 15.0 Å². The minimum atomic E-state index is -0.114. The molecule has 138 valence electrons. The lowest BCUT2D eigenvalue weighted by Gasteiger charge is -2.23. The Bertz CT molecular complexity index is 770. The molecule has 2 aromatic rings. The first-order valence-electron chi connectivity index (χ1n) is 8.69. The molecule has 0 radical (unpaired) electrons. The van der Waals surface area contributed by atoms with E-state index in [-0.39, 0.29) is 17.8 Å². The fourth-order valence-electron chi connectivity index (χ4n) is 2.81. The Balaban J connectivity index is 1.70. The van der Waals surface area contributed by atoms with Crippen LogP contribution >= 0.6 is 0 Å². The van der Waals surface area contributed by atoms with E-state index in [1.807, 2.05) is 54.2 Å². The van der Waals surface area contributed by atoms with Crippen molar-refractivity contribution in [1.29, 1.82) is 0 Å². The molecule has 0 heterocycles. The molecule has 1 aliphatic rings. The Morgan fingerprint density at radius 1 is 1.19 bits per heavy atom. The highest BCUT2D eigenvalue weighted by molar-refractivity contribution is 5.90. The zero-order valence-corrected chi connectivity index (χ0v) is 15.4. The van der Waals surface area contributed by atoms with Gasteiger partial charge in [-0.2, -0.15) is 0 Å². The first-order valence-corrected chi connectivity index (χ1v) is 8.69. The van der Waals surface area contributed by atoms with Crippen molar-refractivity contribution in [3.63, 3.8) is 0 Å². The van der Waals surface area contributed by atoms with E-state index in [0.29, 0.717) is 12.3 Å². The third kappa shape index (κ3) is 4.20. The molecule has 1 saturated carbocycles. The first kappa shape index (κ1) is 17.9. The first-order chi connectivity index (χ1) is 12.5. The number of urea groups is 1. The summed E-state index contributed by atoms with van der Waals surface area (Å²) < 4.78 is 5.16. The smallest absolute Gasteiger partial charge is 0.322 e. The van der Waals surface area contributed by atoms with Gasteiger partial charge < -0.3 is 25.0 Å². The molecule has 1 aliphatic carbocycles. The van der Waals surface area contributed by atoms with Gasteiger partial charge in [-0.3, -0.25) is 0 Å². The second kappa shape index (κ2) is 7.56. The van der Waals surface area contributed by atoms with Gasteiger partial charge in [-0.1, -0.05) is 6.07 Å². The topological polar surface area (TPSA) is 65.0 Å². The normalized spacial score (nSPS) is 13.2. The predicted octanol–water partition coefficient (Wildman–Crippen LogP) is 3.66. The molecule has 0 aromatic heterocycles. The maximum absolute atomic E-state index is 12.8. The molecule has 1 fully saturated rings. The van der Waals surface area contributed by atoms with Crippen molar-refractivity contribution in [3.05, 3.63) is 48.0 Å². The Labute approximate surface area is 154 Å². The number of rotatable bonds is 6. The number of nitrogens with zero attached hydrogens (tertiary/aromatic N) is 2. The predicted molar refractivity (Wildman–Crippen MR) is 103 cm³/mol. The summed E-state index contributed by atoms with van der Waals surface area (Å²) in [7, 11) is 5.48. The van der Waals surface area contributed by atoms with E-state index in [1.54, 1.807) is 12.1 Å². The van der Waals surface area contributed by atoms with Crippen LogP contribution in [0.5, 0.6) is 11.5 Å². The van der Waals surface area contributed by atoms with E-state index in [4.69, 9.17) is 4.74 Å². The van der Waals surface area contributed by atoms with Crippen molar-refractivity contribution < 1.29 is 14.6 Å². The number of ether oxygens (including phenoxy) is 1. The van der Waals surface area contributed by atoms with Crippen LogP contribution in [0.2, 0.25) is 0 Å². The molecule has 2 N–H and O–H groups in total. The molecule has 3 rings (SSSR count). The fourth-order valence-corrected chi connectivity index (χ4v) is 2.81. The van der Waals surface area contributed by atoms with E-state index in [9.17, 15) is 9.90 Å². The Morgan fingerprint density at radius 3 is 2.46 bits per heavy atom. The largest absolute Gasteiger partial charge is 0.504 e. The minimum Gasteiger partial charge on any atom is -0.504 e. The number of carbonyl (C=O) groups is 1. The van der Waals surface area contributed by atoms with Crippen LogP contribution in [0.1, 0.15) is 18.4 Å². The number of hydrogen-bond donors (Lipinski definition) is 2. The van der Waals surface area contributed by atoms with Crippen molar-refractivity contribution in [2.75, 3.05) is 31.4 Å². The number of methoxy groups -OCH3 is 1. The van der Waals surface area contributed by atoms with Crippen molar-refractivity contribution in [3.8, 4) is 11.5 Å². The van der Waals surface area contributed by atoms with Crippen molar-refractivity contribution in [2.24, 2.45) is 0 Å². The van der Waals surface area contributed by atoms with Crippen LogP contribution in [-0.4, -0.2) is 43.3 Å². The highest BCUT2D eigenvalue weighted by atomic mass is 16.5. The standard InChI is InChI=1S/C20H25N3O3/c1-22(2)16-7-5-15(6-8-16)21-20(25)23(17-9-10-17)13-14-4-11-18(24)19(12-14)26-3/h4-8,11-12,17,24H,9-10,13H2,1-3H3,(H,21,25). The molecular weight excluding hydrogens is 330 g/mol. The molecule has 6 heteroatoms. The van der Waals surface area contributed by atoms with Crippen LogP contribution in [0, 0.1) is 0 Å². The molecule has 0 unspecified atom stereocenters. The zero-order chi connectivity index (χ0) is 18.7. The second-order valence-corrected chi connectivity index (χ2v) is 6.74. The summed E-state index contributed by atoms with van der Waals surface area (Å²) >= 11 is 0. The lowest BCUT2D eigenvalue weighted by Crippen LogP contribution is -2.36. The van der Waals surface area contributed by atoms with Crippen molar-refractivity contribution >= 4 is 17.4 Å². The van der Waals surface area contributed by atoms with Gasteiger partial charge >= 0.3 is 6.03 Å². The summed E-state index contributed by atoms with van der Waals surface area (Å²) in [5.74, 6) is 0.512. The SMILES string of the molecule is COc1cc(CN(C(=O)Nc2ccc(N(C)C)cc2)C2CC2)ccc1O. The number of aromatic hydroxyl groups is 1. The number of phenolic OH excluding ortho intramolecular Hbond substituents is 1. The van der Waals surface area contributed by atoms with E-state index < -0.39 is 0 Å². The number of hydrogen-bond acceptors (Lipinski definition) is 4. The van der Waals surface area contributed by atoms with Gasteiger partial charge in [0.2, 0.25) is 0 Å². The van der Waals surface area contributed by atoms with Gasteiger partial charge in [-0.05, 0) is 54.8 Å². The number of carbonyl (C=O) groups excluding carboxylic acids is 1. The van der Waals surface area contributed by atoms with Crippen LogP contribution in [0.15, 0.2) is 42.5 Å². The van der Waals surface area contributed by atoms with Gasteiger partial charge in [0.25, 0.3) is 0 Å². The molecule has 26 heavy (non-hydrogen) atoms. The number of phenols is 1. The Hall–Kier alpha value is -2.89. The second-order valence-electron chi connectivity index (χ2n) is 6.74. The molecule has 0 saturated heterocycles. The highest BCUT2D eigenvalue weighted by Crippen LogP contribution is 2.31. The number of anilines is 2. The fraction of sp³-hybridized carbons (Fsp3) is 0.350. The van der Waals surface area contributed by atoms with Crippen LogP contribution in [0.4, 0.5) is 16.2 Å². The Kier molecular flexibility index (Phi) is 5.21. The molecule has 2 amide bonds. The average Bonchev–Trinajstić information content (AvgIpc) is 3.46. The molecule has 0 spiro atoms. The molecule has 0 bridgehead atoms. The van der Waals surface area contributed by atoms with Crippen molar-refractivity contribution in [2.45, 2.75) is 25.4 Å². The van der Waals surface area contributed by atoms with E-state index in [1.165, 1.54) is 7.11 Å². The monoisotopic (exact) mass is 355 g/mol. The van der Waals surface area contributed by atoms with E-state index in [0.717, 1.165) is 29.8 Å². The molecule has 0 aliphatic heterocycles. The molecule has 0 atom stereocenters. The minimum absolute atomic E-state index is 0.0969. The molecular formula is C20H25N3O3. The van der Waals surface area contributed by atoms with Crippen LogP contribution in [-0.2, 0) is 6.54 Å². The third-order valence-electron chi connectivity index (χ3n) is 4.48. The summed E-state index contributed by atoms with van der Waals surface area (Å²) in [6.45, 7) is 0.475. The maximum atomic E-state index is 12.8. The summed E-state index contributed by atoms with van der Waals surface area (Å²) in [6, 6.07) is 13.1. The van der Waals surface area contributed by atoms with E-state index >= 15 is 0 Å². The summed E-state index contributed by atoms with van der Waals surface area (Å²) in [6.07, 6.45) is 2.03. The van der Waals surface area contributed by atoms with Gasteiger partial charge in [0.05, 0.1) is 7.11 Å². The molecule has 6 nitrogen and oxygen atoms in total. The summed E-state index contributed by atoms with van der Waals surface area (Å²) in [5.41, 5.74) is 2.78. The maximum Gasteiger partial charge on any atom is 0.322 e. The van der Waals surface area contributed by atoms with Gasteiger partial charge in [0, 0.05) is 38.1 Å². The van der Waals surface area contributed by atoms with Gasteiger partial charge in [-0.25, -0.2) is 4.79 Å². The summed E-state index contributed by atoms with van der Waals surface area (Å²) in [4.78, 5) is 16.6. The molecule has 2 aromatic carbocycles.